The number of hydrogen-bond donors (Lipinski definition) is 1. The van der Waals surface area contributed by atoms with Crippen LogP contribution in [0, 0.1) is 6.92 Å². The van der Waals surface area contributed by atoms with Crippen LogP contribution in [0.5, 0.6) is 0 Å². The molecule has 0 atom stereocenters. The highest BCUT2D eigenvalue weighted by molar-refractivity contribution is 6.30. The van der Waals surface area contributed by atoms with Crippen LogP contribution < -0.4 is 5.32 Å². The summed E-state index contributed by atoms with van der Waals surface area (Å²) in [6.45, 7) is 1.51. The van der Waals surface area contributed by atoms with E-state index in [-0.39, 0.29) is 16.6 Å². The van der Waals surface area contributed by atoms with Crippen LogP contribution in [0.1, 0.15) is 21.9 Å². The van der Waals surface area contributed by atoms with E-state index in [4.69, 9.17) is 16.0 Å². The number of halogens is 4. The Balaban J connectivity index is 2.32. The molecule has 0 radical (unpaired) electrons. The molecule has 1 N–H and O–H groups in total. The molecule has 106 valence electrons. The molecule has 0 fully saturated rings. The van der Waals surface area contributed by atoms with Crippen LogP contribution in [0.15, 0.2) is 28.9 Å². The van der Waals surface area contributed by atoms with Gasteiger partial charge in [0.25, 0.3) is 5.91 Å². The molecular formula is C12H8ClF3N2O2. The lowest BCUT2D eigenvalue weighted by Crippen LogP contribution is -2.17. The number of hydrogen-bond acceptors (Lipinski definition) is 3. The molecule has 8 heteroatoms. The van der Waals surface area contributed by atoms with Crippen molar-refractivity contribution < 1.29 is 22.4 Å². The summed E-state index contributed by atoms with van der Waals surface area (Å²) in [4.78, 5) is 15.5. The van der Waals surface area contributed by atoms with Gasteiger partial charge in [-0.1, -0.05) is 11.6 Å². The van der Waals surface area contributed by atoms with E-state index in [9.17, 15) is 18.0 Å². The van der Waals surface area contributed by atoms with Crippen LogP contribution in [-0.4, -0.2) is 10.9 Å². The van der Waals surface area contributed by atoms with Crippen LogP contribution in [0.25, 0.3) is 0 Å². The second-order valence-electron chi connectivity index (χ2n) is 3.89. The summed E-state index contributed by atoms with van der Waals surface area (Å²) in [6.07, 6.45) is -3.57. The van der Waals surface area contributed by atoms with Crippen LogP contribution in [0.2, 0.25) is 5.02 Å². The Labute approximate surface area is 116 Å². The van der Waals surface area contributed by atoms with Gasteiger partial charge in [-0.3, -0.25) is 4.79 Å². The maximum absolute atomic E-state index is 12.8. The molecule has 0 saturated heterocycles. The van der Waals surface area contributed by atoms with Gasteiger partial charge in [0, 0.05) is 11.9 Å². The Morgan fingerprint density at radius 2 is 2.10 bits per heavy atom. The van der Waals surface area contributed by atoms with E-state index >= 15 is 0 Å². The molecule has 4 nitrogen and oxygen atoms in total. The standard InChI is InChI=1S/C12H8ClF3N2O2/c1-6-17-10(5-20-6)11(19)18-9-3-2-7(13)4-8(9)12(14,15)16/h2-5H,1H3,(H,18,19). The number of benzene rings is 1. The van der Waals surface area contributed by atoms with Gasteiger partial charge in [-0.2, -0.15) is 13.2 Å². The summed E-state index contributed by atoms with van der Waals surface area (Å²) in [6, 6.07) is 3.07. The number of nitrogens with zero attached hydrogens (tertiary/aromatic N) is 1. The van der Waals surface area contributed by atoms with Gasteiger partial charge >= 0.3 is 6.18 Å². The van der Waals surface area contributed by atoms with E-state index in [2.05, 4.69) is 10.3 Å². The van der Waals surface area contributed by atoms with Crippen LogP contribution in [-0.2, 0) is 6.18 Å². The molecule has 1 heterocycles. The number of alkyl halides is 3. The first kappa shape index (κ1) is 14.4. The highest BCUT2D eigenvalue weighted by atomic mass is 35.5. The topological polar surface area (TPSA) is 55.1 Å². The number of amides is 1. The van der Waals surface area contributed by atoms with Crippen LogP contribution >= 0.6 is 11.6 Å². The smallest absolute Gasteiger partial charge is 0.418 e. The largest absolute Gasteiger partial charge is 0.448 e. The van der Waals surface area contributed by atoms with Gasteiger partial charge in [-0.15, -0.1) is 0 Å². The third-order valence-corrected chi connectivity index (χ3v) is 2.62. The lowest BCUT2D eigenvalue weighted by atomic mass is 10.1. The van der Waals surface area contributed by atoms with Crippen molar-refractivity contribution in [3.05, 3.63) is 46.6 Å². The zero-order valence-electron chi connectivity index (χ0n) is 10.1. The second-order valence-corrected chi connectivity index (χ2v) is 4.33. The molecule has 0 aliphatic heterocycles. The number of rotatable bonds is 2. The molecule has 2 rings (SSSR count). The minimum Gasteiger partial charge on any atom is -0.448 e. The number of anilines is 1. The van der Waals surface area contributed by atoms with Crippen molar-refractivity contribution in [3.8, 4) is 0 Å². The number of oxazole rings is 1. The van der Waals surface area contributed by atoms with Crippen molar-refractivity contribution >= 4 is 23.2 Å². The van der Waals surface area contributed by atoms with E-state index in [1.165, 1.54) is 13.0 Å². The van der Waals surface area contributed by atoms with Crippen molar-refractivity contribution in [2.75, 3.05) is 5.32 Å². The van der Waals surface area contributed by atoms with Gasteiger partial charge in [0.15, 0.2) is 11.6 Å². The molecule has 0 unspecified atom stereocenters. The summed E-state index contributed by atoms with van der Waals surface area (Å²) in [5, 5.41) is 2.06. The summed E-state index contributed by atoms with van der Waals surface area (Å²) in [5.74, 6) is -0.558. The SMILES string of the molecule is Cc1nc(C(=O)Nc2ccc(Cl)cc2C(F)(F)F)co1. The third kappa shape index (κ3) is 3.11. The number of aryl methyl sites for hydroxylation is 1. The van der Waals surface area contributed by atoms with Crippen molar-refractivity contribution in [2.45, 2.75) is 13.1 Å². The fraction of sp³-hybridized carbons (Fsp3) is 0.167. The van der Waals surface area contributed by atoms with Crippen molar-refractivity contribution in [2.24, 2.45) is 0 Å². The molecular weight excluding hydrogens is 297 g/mol. The predicted molar refractivity (Wildman–Crippen MR) is 65.6 cm³/mol. The summed E-state index contributed by atoms with van der Waals surface area (Å²) in [5.41, 5.74) is -1.53. The summed E-state index contributed by atoms with van der Waals surface area (Å²) >= 11 is 5.54. The molecule has 0 aliphatic carbocycles. The first-order valence-electron chi connectivity index (χ1n) is 5.37. The Hall–Kier alpha value is -2.02. The number of carbonyl (C=O) groups excluding carboxylic acids is 1. The third-order valence-electron chi connectivity index (χ3n) is 2.39. The monoisotopic (exact) mass is 304 g/mol. The number of nitrogens with one attached hydrogen (secondary N) is 1. The molecule has 1 aromatic heterocycles. The van der Waals surface area contributed by atoms with E-state index in [1.807, 2.05) is 0 Å². The summed E-state index contributed by atoms with van der Waals surface area (Å²) < 4.78 is 43.3. The van der Waals surface area contributed by atoms with Gasteiger partial charge in [0.1, 0.15) is 6.26 Å². The van der Waals surface area contributed by atoms with Gasteiger partial charge in [-0.05, 0) is 18.2 Å². The first-order valence-corrected chi connectivity index (χ1v) is 5.75. The van der Waals surface area contributed by atoms with E-state index in [0.717, 1.165) is 18.4 Å². The number of aromatic nitrogens is 1. The molecule has 0 saturated carbocycles. The van der Waals surface area contributed by atoms with Gasteiger partial charge in [0.05, 0.1) is 11.3 Å². The fourth-order valence-corrected chi connectivity index (χ4v) is 1.69. The molecule has 0 bridgehead atoms. The predicted octanol–water partition coefficient (Wildman–Crippen LogP) is 3.91. The maximum atomic E-state index is 12.8. The lowest BCUT2D eigenvalue weighted by molar-refractivity contribution is -0.136. The average molecular weight is 305 g/mol. The Morgan fingerprint density at radius 1 is 1.40 bits per heavy atom. The van der Waals surface area contributed by atoms with Gasteiger partial charge in [0.2, 0.25) is 0 Å². The van der Waals surface area contributed by atoms with Crippen molar-refractivity contribution in [1.29, 1.82) is 0 Å². The van der Waals surface area contributed by atoms with E-state index in [1.54, 1.807) is 0 Å². The number of carbonyl (C=O) groups is 1. The van der Waals surface area contributed by atoms with Gasteiger partial charge in [-0.25, -0.2) is 4.98 Å². The Kier molecular flexibility index (Phi) is 3.71. The zero-order chi connectivity index (χ0) is 14.9. The molecule has 0 aliphatic rings. The van der Waals surface area contributed by atoms with Gasteiger partial charge < -0.3 is 9.73 Å². The molecule has 1 amide bonds. The highest BCUT2D eigenvalue weighted by Gasteiger charge is 2.34. The van der Waals surface area contributed by atoms with E-state index < -0.39 is 23.3 Å². The molecule has 0 spiro atoms. The maximum Gasteiger partial charge on any atom is 0.418 e. The normalized spacial score (nSPS) is 11.4. The highest BCUT2D eigenvalue weighted by Crippen LogP contribution is 2.36. The first-order chi connectivity index (χ1) is 9.27. The van der Waals surface area contributed by atoms with Crippen LogP contribution in [0.3, 0.4) is 0 Å². The Morgan fingerprint density at radius 3 is 2.65 bits per heavy atom. The second kappa shape index (κ2) is 5.16. The zero-order valence-corrected chi connectivity index (χ0v) is 10.8. The molecule has 2 aromatic rings. The minimum atomic E-state index is -4.63. The molecule has 1 aromatic carbocycles. The van der Waals surface area contributed by atoms with E-state index in [0.29, 0.717) is 0 Å². The minimum absolute atomic E-state index is 0.0763. The van der Waals surface area contributed by atoms with Crippen LogP contribution in [0.4, 0.5) is 18.9 Å². The van der Waals surface area contributed by atoms with Crippen molar-refractivity contribution in [1.82, 2.24) is 4.98 Å². The fourth-order valence-electron chi connectivity index (χ4n) is 1.51. The quantitative estimate of drug-likeness (QED) is 0.915. The average Bonchev–Trinajstić information content (AvgIpc) is 2.77. The lowest BCUT2D eigenvalue weighted by Gasteiger charge is -2.13. The Bertz CT molecular complexity index is 652. The molecule has 20 heavy (non-hydrogen) atoms. The summed E-state index contributed by atoms with van der Waals surface area (Å²) in [7, 11) is 0. The van der Waals surface area contributed by atoms with Crippen molar-refractivity contribution in [3.63, 3.8) is 0 Å².